The highest BCUT2D eigenvalue weighted by Crippen LogP contribution is 2.51. The lowest BCUT2D eigenvalue weighted by atomic mass is 9.58. The number of unbranched alkanes of at least 4 members (excludes halogenated alkanes) is 2. The maximum atomic E-state index is 14.0. The summed E-state index contributed by atoms with van der Waals surface area (Å²) < 4.78 is 20.1. The number of carboxylic acid groups (broad SMARTS) is 1. The molecule has 10 heteroatoms. The summed E-state index contributed by atoms with van der Waals surface area (Å²) in [6.45, 7) is 4.46. The first-order valence-corrected chi connectivity index (χ1v) is 15.4. The number of likely N-dealkylation sites (tertiary alicyclic amines) is 1. The number of hydrogen-bond acceptors (Lipinski definition) is 6. The Morgan fingerprint density at radius 3 is 2.57 bits per heavy atom. The van der Waals surface area contributed by atoms with Crippen LogP contribution in [0.15, 0.2) is 34.9 Å². The predicted molar refractivity (Wildman–Crippen MR) is 158 cm³/mol. The van der Waals surface area contributed by atoms with Crippen LogP contribution >= 0.6 is 0 Å². The molecule has 4 atom stereocenters. The van der Waals surface area contributed by atoms with Crippen LogP contribution < -0.4 is 0 Å². The number of fused-ring (bicyclic) bond motifs is 3. The second-order valence-electron chi connectivity index (χ2n) is 11.9. The Balaban J connectivity index is 1.53. The van der Waals surface area contributed by atoms with Gasteiger partial charge in [-0.05, 0) is 80.5 Å². The third kappa shape index (κ3) is 7.32. The number of allylic oxidation sites excluding steroid dienone is 2. The van der Waals surface area contributed by atoms with Gasteiger partial charge in [-0.25, -0.2) is 4.39 Å². The molecule has 3 N–H and O–H groups in total. The summed E-state index contributed by atoms with van der Waals surface area (Å²) >= 11 is 0. The molecule has 4 rings (SSSR count). The lowest BCUT2D eigenvalue weighted by molar-refractivity contribution is -0.141. The summed E-state index contributed by atoms with van der Waals surface area (Å²) in [5, 5.41) is 29.2. The van der Waals surface area contributed by atoms with E-state index in [1.54, 1.807) is 6.07 Å². The molecule has 0 unspecified atom stereocenters. The van der Waals surface area contributed by atoms with Crippen LogP contribution in [-0.4, -0.2) is 57.7 Å². The first-order valence-electron chi connectivity index (χ1n) is 15.4. The van der Waals surface area contributed by atoms with Crippen molar-refractivity contribution in [1.82, 2.24) is 4.90 Å². The van der Waals surface area contributed by atoms with Gasteiger partial charge in [0.2, 0.25) is 11.8 Å². The van der Waals surface area contributed by atoms with E-state index in [1.807, 2.05) is 6.08 Å². The number of benzene rings is 1. The third-order valence-corrected chi connectivity index (χ3v) is 8.86. The van der Waals surface area contributed by atoms with Crippen LogP contribution in [0.5, 0.6) is 5.75 Å². The molecular formula is C32H43BFNO7. The van der Waals surface area contributed by atoms with Gasteiger partial charge in [0, 0.05) is 13.0 Å². The molecule has 0 radical (unpaired) electrons. The number of carboxylic acids is 1. The first kappa shape index (κ1) is 31.9. The van der Waals surface area contributed by atoms with Crippen molar-refractivity contribution in [3.8, 4) is 5.75 Å². The number of aromatic hydroxyl groups is 1. The highest BCUT2D eigenvalue weighted by atomic mass is 19.1. The van der Waals surface area contributed by atoms with Gasteiger partial charge in [0.15, 0.2) is 11.6 Å². The van der Waals surface area contributed by atoms with Crippen molar-refractivity contribution < 1.29 is 38.7 Å². The standard InChI is InChI=1S/C32H43BFNO7/c1-3-8-20(16-21-11-13-26(36)25(34)17-21)12-14-27-29-22(9-4-2)18-23-30(24(29)19-33(41)42-27)32(40)35(31(23)39)15-7-5-6-10-28(37)38/h11,13,16-17,23-24,27,30,36,41H,3-10,12,14-15,18-19H2,1-2H3,(H,37,38)/b20-16+/t23-,24+,27-,30-/m1/s1. The Morgan fingerprint density at radius 1 is 1.10 bits per heavy atom. The number of carbonyl (C=O) groups is 3. The molecule has 2 saturated heterocycles. The normalized spacial score (nSPS) is 24.3. The van der Waals surface area contributed by atoms with Crippen LogP contribution in [-0.2, 0) is 19.0 Å². The topological polar surface area (TPSA) is 124 Å². The molecule has 2 aliphatic heterocycles. The molecule has 2 fully saturated rings. The molecule has 0 spiro atoms. The van der Waals surface area contributed by atoms with Crippen molar-refractivity contribution in [3.63, 3.8) is 0 Å². The lowest BCUT2D eigenvalue weighted by Gasteiger charge is -2.43. The minimum absolute atomic E-state index is 0.0726. The van der Waals surface area contributed by atoms with Crippen molar-refractivity contribution in [3.05, 3.63) is 46.3 Å². The van der Waals surface area contributed by atoms with Crippen molar-refractivity contribution in [2.75, 3.05) is 6.54 Å². The fourth-order valence-electron chi connectivity index (χ4n) is 7.07. The molecule has 1 aliphatic carbocycles. The maximum absolute atomic E-state index is 14.0. The second kappa shape index (κ2) is 14.5. The minimum Gasteiger partial charge on any atom is -0.505 e. The van der Waals surface area contributed by atoms with Crippen LogP contribution in [0, 0.1) is 23.6 Å². The molecule has 0 aromatic heterocycles. The largest absolute Gasteiger partial charge is 0.505 e. The highest BCUT2D eigenvalue weighted by molar-refractivity contribution is 6.43. The number of rotatable bonds is 14. The van der Waals surface area contributed by atoms with Gasteiger partial charge in [0.25, 0.3) is 0 Å². The Labute approximate surface area is 247 Å². The lowest BCUT2D eigenvalue weighted by Crippen LogP contribution is -2.46. The highest BCUT2D eigenvalue weighted by Gasteiger charge is 2.56. The van der Waals surface area contributed by atoms with Crippen molar-refractivity contribution in [1.29, 1.82) is 0 Å². The number of nitrogens with zero attached hydrogens (tertiary/aromatic N) is 1. The number of amides is 2. The van der Waals surface area contributed by atoms with Crippen LogP contribution in [0.1, 0.15) is 90.0 Å². The number of imide groups is 1. The number of aliphatic carboxylic acids is 1. The fraction of sp³-hybridized carbons (Fsp3) is 0.594. The molecular weight excluding hydrogens is 540 g/mol. The number of hydrogen-bond donors (Lipinski definition) is 3. The number of carbonyl (C=O) groups excluding carboxylic acids is 2. The molecule has 2 amide bonds. The zero-order chi connectivity index (χ0) is 30.4. The van der Waals surface area contributed by atoms with Gasteiger partial charge in [-0.2, -0.15) is 0 Å². The summed E-state index contributed by atoms with van der Waals surface area (Å²) in [6.07, 6.45) is 8.78. The average Bonchev–Trinajstić information content (AvgIpc) is 3.17. The Hall–Kier alpha value is -2.98. The van der Waals surface area contributed by atoms with Crippen LogP contribution in [0.2, 0.25) is 6.32 Å². The van der Waals surface area contributed by atoms with Crippen molar-refractivity contribution in [2.45, 2.75) is 96.9 Å². The summed E-state index contributed by atoms with van der Waals surface area (Å²) in [4.78, 5) is 39.3. The molecule has 0 bridgehead atoms. The molecule has 228 valence electrons. The summed E-state index contributed by atoms with van der Waals surface area (Å²) in [6, 6.07) is 4.33. The smallest absolute Gasteiger partial charge is 0.455 e. The van der Waals surface area contributed by atoms with Gasteiger partial charge < -0.3 is 19.9 Å². The maximum Gasteiger partial charge on any atom is 0.455 e. The van der Waals surface area contributed by atoms with E-state index >= 15 is 0 Å². The van der Waals surface area contributed by atoms with E-state index in [2.05, 4.69) is 13.8 Å². The van der Waals surface area contributed by atoms with E-state index in [0.29, 0.717) is 50.6 Å². The average molecular weight is 584 g/mol. The minimum atomic E-state index is -1.04. The Kier molecular flexibility index (Phi) is 11.0. The summed E-state index contributed by atoms with van der Waals surface area (Å²) in [5.41, 5.74) is 4.00. The van der Waals surface area contributed by atoms with Gasteiger partial charge in [0.1, 0.15) is 0 Å². The van der Waals surface area contributed by atoms with Gasteiger partial charge in [0.05, 0.1) is 17.9 Å². The predicted octanol–water partition coefficient (Wildman–Crippen LogP) is 5.74. The zero-order valence-electron chi connectivity index (χ0n) is 24.7. The van der Waals surface area contributed by atoms with Gasteiger partial charge in [-0.1, -0.05) is 56.4 Å². The van der Waals surface area contributed by atoms with Crippen molar-refractivity contribution >= 4 is 31.0 Å². The van der Waals surface area contributed by atoms with E-state index in [9.17, 15) is 28.9 Å². The molecule has 1 aromatic rings. The van der Waals surface area contributed by atoms with E-state index < -0.39 is 30.7 Å². The molecule has 3 aliphatic rings. The number of phenolic OH excluding ortho intramolecular Hbond substituents is 1. The van der Waals surface area contributed by atoms with E-state index in [1.165, 1.54) is 17.0 Å². The van der Waals surface area contributed by atoms with Crippen LogP contribution in [0.3, 0.4) is 0 Å². The van der Waals surface area contributed by atoms with Gasteiger partial charge in [-0.15, -0.1) is 0 Å². The van der Waals surface area contributed by atoms with Crippen LogP contribution in [0.4, 0.5) is 4.39 Å². The second-order valence-corrected chi connectivity index (χ2v) is 11.9. The molecule has 0 saturated carbocycles. The van der Waals surface area contributed by atoms with E-state index in [0.717, 1.165) is 42.4 Å². The van der Waals surface area contributed by atoms with Crippen molar-refractivity contribution in [2.24, 2.45) is 17.8 Å². The fourth-order valence-corrected chi connectivity index (χ4v) is 7.07. The number of phenols is 1. The zero-order valence-corrected chi connectivity index (χ0v) is 24.7. The quantitative estimate of drug-likeness (QED) is 0.110. The summed E-state index contributed by atoms with van der Waals surface area (Å²) in [5.74, 6) is -3.46. The molecule has 8 nitrogen and oxygen atoms in total. The van der Waals surface area contributed by atoms with Crippen LogP contribution in [0.25, 0.3) is 6.08 Å². The van der Waals surface area contributed by atoms with E-state index in [-0.39, 0.29) is 42.3 Å². The number of halogens is 1. The molecule has 2 heterocycles. The summed E-state index contributed by atoms with van der Waals surface area (Å²) in [7, 11) is -1.04. The molecule has 42 heavy (non-hydrogen) atoms. The van der Waals surface area contributed by atoms with Gasteiger partial charge >= 0.3 is 13.1 Å². The Bertz CT molecular complexity index is 1230. The van der Waals surface area contributed by atoms with E-state index in [4.69, 9.17) is 9.76 Å². The van der Waals surface area contributed by atoms with Gasteiger partial charge in [-0.3, -0.25) is 19.3 Å². The first-order chi connectivity index (χ1) is 20.1. The monoisotopic (exact) mass is 583 g/mol. The third-order valence-electron chi connectivity index (χ3n) is 8.86. The Morgan fingerprint density at radius 2 is 1.88 bits per heavy atom. The molecule has 1 aromatic carbocycles. The SMILES string of the molecule is CCCC1=C2[C@@H](CC/C(=C/c3ccc(O)c(F)c3)CCC)OB(O)C[C@@H]2[C@@H]2C(=O)N(CCCCCC(=O)O)C(=O)[C@@H]2C1.